The SMILES string of the molecule is CCOc1ccc(S(=O)(=O)NN=Cc2c(F)cccc2Cl)cc1. The first-order valence-corrected chi connectivity index (χ1v) is 8.52. The van der Waals surface area contributed by atoms with E-state index in [1.54, 1.807) is 0 Å². The first kappa shape index (κ1) is 17.2. The molecule has 0 aliphatic heterocycles. The average molecular weight is 357 g/mol. The molecule has 0 spiro atoms. The summed E-state index contributed by atoms with van der Waals surface area (Å²) in [7, 11) is -3.86. The molecule has 0 unspecified atom stereocenters. The van der Waals surface area contributed by atoms with Gasteiger partial charge in [0.1, 0.15) is 11.6 Å². The molecule has 0 amide bonds. The van der Waals surface area contributed by atoms with Gasteiger partial charge in [0, 0.05) is 5.56 Å². The molecule has 5 nitrogen and oxygen atoms in total. The van der Waals surface area contributed by atoms with Crippen molar-refractivity contribution >= 4 is 27.8 Å². The minimum Gasteiger partial charge on any atom is -0.494 e. The van der Waals surface area contributed by atoms with Crippen molar-refractivity contribution in [3.8, 4) is 5.75 Å². The van der Waals surface area contributed by atoms with Gasteiger partial charge in [-0.15, -0.1) is 0 Å². The zero-order valence-electron chi connectivity index (χ0n) is 12.2. The van der Waals surface area contributed by atoms with E-state index in [0.29, 0.717) is 12.4 Å². The second kappa shape index (κ2) is 7.43. The summed E-state index contributed by atoms with van der Waals surface area (Å²) in [5.74, 6) is -0.0328. The van der Waals surface area contributed by atoms with Crippen molar-refractivity contribution in [2.45, 2.75) is 11.8 Å². The zero-order valence-corrected chi connectivity index (χ0v) is 13.7. The molecule has 0 radical (unpaired) electrons. The Hall–Kier alpha value is -2.12. The third-order valence-electron chi connectivity index (χ3n) is 2.81. The molecule has 2 rings (SSSR count). The van der Waals surface area contributed by atoms with Crippen molar-refractivity contribution in [1.82, 2.24) is 4.83 Å². The third-order valence-corrected chi connectivity index (χ3v) is 4.38. The summed E-state index contributed by atoms with van der Waals surface area (Å²) in [6, 6.07) is 9.98. The molecule has 8 heteroatoms. The van der Waals surface area contributed by atoms with Crippen LogP contribution in [0.1, 0.15) is 12.5 Å². The van der Waals surface area contributed by atoms with E-state index in [2.05, 4.69) is 5.10 Å². The van der Waals surface area contributed by atoms with E-state index in [9.17, 15) is 12.8 Å². The lowest BCUT2D eigenvalue weighted by Crippen LogP contribution is -2.18. The fraction of sp³-hybridized carbons (Fsp3) is 0.133. The summed E-state index contributed by atoms with van der Waals surface area (Å²) < 4.78 is 42.9. The van der Waals surface area contributed by atoms with Gasteiger partial charge in [0.2, 0.25) is 0 Å². The van der Waals surface area contributed by atoms with E-state index >= 15 is 0 Å². The summed E-state index contributed by atoms with van der Waals surface area (Å²) in [5.41, 5.74) is 0.00330. The lowest BCUT2D eigenvalue weighted by atomic mass is 10.2. The summed E-state index contributed by atoms with van der Waals surface area (Å²) in [6.07, 6.45) is 1.02. The third kappa shape index (κ3) is 4.43. The van der Waals surface area contributed by atoms with Crippen molar-refractivity contribution in [3.63, 3.8) is 0 Å². The molecule has 0 fully saturated rings. The first-order chi connectivity index (χ1) is 10.9. The van der Waals surface area contributed by atoms with E-state index in [-0.39, 0.29) is 15.5 Å². The van der Waals surface area contributed by atoms with Crippen molar-refractivity contribution in [3.05, 3.63) is 58.9 Å². The van der Waals surface area contributed by atoms with Gasteiger partial charge in [-0.1, -0.05) is 17.7 Å². The zero-order chi connectivity index (χ0) is 16.9. The number of halogens is 2. The van der Waals surface area contributed by atoms with Crippen LogP contribution in [0.25, 0.3) is 0 Å². The highest BCUT2D eigenvalue weighted by Gasteiger charge is 2.13. The Balaban J connectivity index is 2.13. The van der Waals surface area contributed by atoms with Gasteiger partial charge >= 0.3 is 0 Å². The number of nitrogens with zero attached hydrogens (tertiary/aromatic N) is 1. The van der Waals surface area contributed by atoms with Crippen LogP contribution in [0.15, 0.2) is 52.5 Å². The van der Waals surface area contributed by atoms with Crippen molar-refractivity contribution < 1.29 is 17.5 Å². The maximum Gasteiger partial charge on any atom is 0.276 e. The molecule has 0 aliphatic carbocycles. The molecular formula is C15H14ClFN2O3S. The monoisotopic (exact) mass is 356 g/mol. The molecule has 0 aromatic heterocycles. The van der Waals surface area contributed by atoms with Gasteiger partial charge in [-0.05, 0) is 43.3 Å². The normalized spacial score (nSPS) is 11.6. The minimum atomic E-state index is -3.86. The molecule has 1 N–H and O–H groups in total. The Morgan fingerprint density at radius 3 is 2.57 bits per heavy atom. The number of hydrogen-bond acceptors (Lipinski definition) is 4. The van der Waals surface area contributed by atoms with Crippen molar-refractivity contribution in [1.29, 1.82) is 0 Å². The molecule has 23 heavy (non-hydrogen) atoms. The molecule has 0 aliphatic rings. The topological polar surface area (TPSA) is 67.8 Å². The number of ether oxygens (including phenoxy) is 1. The van der Waals surface area contributed by atoms with Crippen molar-refractivity contribution in [2.75, 3.05) is 6.61 Å². The van der Waals surface area contributed by atoms with E-state index in [1.807, 2.05) is 11.8 Å². The Kier molecular flexibility index (Phi) is 5.57. The predicted molar refractivity (Wildman–Crippen MR) is 86.9 cm³/mol. The van der Waals surface area contributed by atoms with Crippen molar-refractivity contribution in [2.24, 2.45) is 5.10 Å². The van der Waals surface area contributed by atoms with Crippen LogP contribution in [0.2, 0.25) is 5.02 Å². The molecular weight excluding hydrogens is 343 g/mol. The van der Waals surface area contributed by atoms with Gasteiger partial charge in [-0.25, -0.2) is 9.22 Å². The van der Waals surface area contributed by atoms with Gasteiger partial charge in [-0.3, -0.25) is 0 Å². The van der Waals surface area contributed by atoms with E-state index in [4.69, 9.17) is 16.3 Å². The highest BCUT2D eigenvalue weighted by Crippen LogP contribution is 2.17. The second-order valence-corrected chi connectivity index (χ2v) is 6.46. The summed E-state index contributed by atoms with van der Waals surface area (Å²) in [4.78, 5) is 2.02. The van der Waals surface area contributed by atoms with Gasteiger partial charge in [0.05, 0.1) is 22.7 Å². The number of hydrogen-bond donors (Lipinski definition) is 1. The van der Waals surface area contributed by atoms with Crippen LogP contribution in [0.5, 0.6) is 5.75 Å². The molecule has 0 atom stereocenters. The van der Waals surface area contributed by atoms with Crippen LogP contribution in [0, 0.1) is 5.82 Å². The molecule has 0 bridgehead atoms. The fourth-order valence-corrected chi connectivity index (χ4v) is 2.73. The predicted octanol–water partition coefficient (Wildman–Crippen LogP) is 3.19. The van der Waals surface area contributed by atoms with Crippen LogP contribution in [-0.4, -0.2) is 21.2 Å². The van der Waals surface area contributed by atoms with E-state index < -0.39 is 15.8 Å². The van der Waals surface area contributed by atoms with Gasteiger partial charge < -0.3 is 4.74 Å². The van der Waals surface area contributed by atoms with Crippen LogP contribution >= 0.6 is 11.6 Å². The molecule has 0 saturated carbocycles. The minimum absolute atomic E-state index is 0.00330. The van der Waals surface area contributed by atoms with Crippen LogP contribution in [0.3, 0.4) is 0 Å². The Bertz CT molecular complexity index is 788. The number of rotatable bonds is 6. The average Bonchev–Trinajstić information content (AvgIpc) is 2.51. The fourth-order valence-electron chi connectivity index (χ4n) is 1.73. The van der Waals surface area contributed by atoms with Crippen LogP contribution in [0.4, 0.5) is 4.39 Å². The molecule has 122 valence electrons. The highest BCUT2D eigenvalue weighted by molar-refractivity contribution is 7.89. The van der Waals surface area contributed by atoms with Gasteiger partial charge in [0.15, 0.2) is 0 Å². The van der Waals surface area contributed by atoms with E-state index in [0.717, 1.165) is 6.21 Å². The summed E-state index contributed by atoms with van der Waals surface area (Å²) in [6.45, 7) is 2.31. The Labute approximate surface area is 138 Å². The number of benzene rings is 2. The quantitative estimate of drug-likeness (QED) is 0.638. The van der Waals surface area contributed by atoms with Gasteiger partial charge in [-0.2, -0.15) is 13.5 Å². The molecule has 0 heterocycles. The Morgan fingerprint density at radius 1 is 1.26 bits per heavy atom. The van der Waals surface area contributed by atoms with Gasteiger partial charge in [0.25, 0.3) is 10.0 Å². The van der Waals surface area contributed by atoms with E-state index in [1.165, 1.54) is 42.5 Å². The lowest BCUT2D eigenvalue weighted by molar-refractivity contribution is 0.340. The lowest BCUT2D eigenvalue weighted by Gasteiger charge is -2.06. The highest BCUT2D eigenvalue weighted by atomic mass is 35.5. The smallest absolute Gasteiger partial charge is 0.276 e. The Morgan fingerprint density at radius 2 is 1.96 bits per heavy atom. The maximum atomic E-state index is 13.5. The maximum absolute atomic E-state index is 13.5. The van der Waals surface area contributed by atoms with Crippen LogP contribution in [-0.2, 0) is 10.0 Å². The first-order valence-electron chi connectivity index (χ1n) is 6.66. The largest absolute Gasteiger partial charge is 0.494 e. The second-order valence-electron chi connectivity index (χ2n) is 4.39. The summed E-state index contributed by atoms with van der Waals surface area (Å²) >= 11 is 5.82. The van der Waals surface area contributed by atoms with Crippen LogP contribution < -0.4 is 9.57 Å². The number of sulfonamides is 1. The standard InChI is InChI=1S/C15H14ClFN2O3S/c1-2-22-11-6-8-12(9-7-11)23(20,21)19-18-10-13-14(16)4-3-5-15(13)17/h3-10,19H,2H2,1H3. The number of nitrogens with one attached hydrogen (secondary N) is 1. The molecule has 2 aromatic carbocycles. The number of hydrazone groups is 1. The molecule has 0 saturated heterocycles. The summed E-state index contributed by atoms with van der Waals surface area (Å²) in [5, 5.41) is 3.68. The molecule has 2 aromatic rings.